The molecule has 0 spiro atoms. The van der Waals surface area contributed by atoms with Crippen LogP contribution < -0.4 is 16.0 Å². The van der Waals surface area contributed by atoms with Crippen molar-refractivity contribution in [1.29, 1.82) is 0 Å². The second kappa shape index (κ2) is 12.1. The number of hydrogen-bond acceptors (Lipinski definition) is 5. The molecular weight excluding hydrogens is 513 g/mol. The molecule has 1 aromatic carbocycles. The highest BCUT2D eigenvalue weighted by atomic mass is 127. The van der Waals surface area contributed by atoms with Gasteiger partial charge in [-0.15, -0.1) is 35.3 Å². The van der Waals surface area contributed by atoms with Gasteiger partial charge in [-0.1, -0.05) is 30.3 Å². The number of rotatable bonds is 6. The first-order chi connectivity index (χ1) is 13.7. The molecule has 2 rings (SSSR count). The lowest BCUT2D eigenvalue weighted by molar-refractivity contribution is 0.0504. The Labute approximate surface area is 200 Å². The van der Waals surface area contributed by atoms with Crippen molar-refractivity contribution >= 4 is 47.4 Å². The number of ether oxygens (including phenoxy) is 1. The smallest absolute Gasteiger partial charge is 0.408 e. The molecule has 0 aliphatic rings. The van der Waals surface area contributed by atoms with E-state index < -0.39 is 11.7 Å². The number of aliphatic imine (C=N–C) groups is 1. The molecule has 1 unspecified atom stereocenters. The molecule has 1 amide bonds. The molecule has 1 atom stereocenters. The van der Waals surface area contributed by atoms with Crippen molar-refractivity contribution in [1.82, 2.24) is 20.9 Å². The molecule has 30 heavy (non-hydrogen) atoms. The number of carbonyl (C=O) groups excluding carboxylic acids is 1. The van der Waals surface area contributed by atoms with Gasteiger partial charge in [-0.3, -0.25) is 4.99 Å². The zero-order valence-corrected chi connectivity index (χ0v) is 21.6. The lowest BCUT2D eigenvalue weighted by atomic mass is 10.1. The zero-order valence-electron chi connectivity index (χ0n) is 18.4. The Morgan fingerprint density at radius 3 is 2.40 bits per heavy atom. The largest absolute Gasteiger partial charge is 0.444 e. The summed E-state index contributed by atoms with van der Waals surface area (Å²) < 4.78 is 5.41. The number of aromatic nitrogens is 1. The number of nitrogens with one attached hydrogen (secondary N) is 3. The van der Waals surface area contributed by atoms with Crippen LogP contribution in [0.4, 0.5) is 4.79 Å². The Bertz CT molecular complexity index is 814. The maximum atomic E-state index is 12.3. The second-order valence-corrected chi connectivity index (χ2v) is 8.95. The number of halogens is 1. The molecule has 0 aliphatic carbocycles. The molecule has 2 aromatic rings. The highest BCUT2D eigenvalue weighted by Gasteiger charge is 2.20. The number of aryl methyl sites for hydroxylation is 2. The number of guanidine groups is 1. The predicted octanol–water partition coefficient (Wildman–Crippen LogP) is 4.31. The molecule has 1 aromatic heterocycles. The number of amides is 1. The number of alkyl carbamates (subject to hydrolysis) is 1. The van der Waals surface area contributed by atoms with Crippen molar-refractivity contribution in [2.75, 3.05) is 13.6 Å². The van der Waals surface area contributed by atoms with Crippen LogP contribution >= 0.6 is 35.3 Å². The number of thiazole rings is 1. The molecule has 0 bridgehead atoms. The Morgan fingerprint density at radius 2 is 1.87 bits per heavy atom. The van der Waals surface area contributed by atoms with Crippen LogP contribution in [-0.2, 0) is 11.3 Å². The second-order valence-electron chi connectivity index (χ2n) is 7.67. The first-order valence-electron chi connectivity index (χ1n) is 9.60. The van der Waals surface area contributed by atoms with E-state index in [0.29, 0.717) is 19.0 Å². The summed E-state index contributed by atoms with van der Waals surface area (Å²) in [6.07, 6.45) is -0.454. The Balaban J connectivity index is 0.00000450. The molecule has 0 saturated carbocycles. The van der Waals surface area contributed by atoms with Crippen molar-refractivity contribution in [3.63, 3.8) is 0 Å². The maximum Gasteiger partial charge on any atom is 0.408 e. The molecule has 0 radical (unpaired) electrons. The molecule has 0 aliphatic heterocycles. The van der Waals surface area contributed by atoms with Crippen LogP contribution in [0.3, 0.4) is 0 Å². The minimum Gasteiger partial charge on any atom is -0.444 e. The molecule has 0 saturated heterocycles. The molecule has 166 valence electrons. The average molecular weight is 545 g/mol. The van der Waals surface area contributed by atoms with Crippen molar-refractivity contribution in [3.05, 3.63) is 51.5 Å². The molecule has 0 fully saturated rings. The fourth-order valence-corrected chi connectivity index (χ4v) is 3.45. The standard InChI is InChI=1S/C21H31N5O2S.HI/c1-14-15(2)29-18(25-14)13-24-19(22-6)23-12-17(16-10-8-7-9-11-16)26-20(27)28-21(3,4)5;/h7-11,17H,12-13H2,1-6H3,(H,26,27)(H2,22,23,24);1H. The lowest BCUT2D eigenvalue weighted by Crippen LogP contribution is -2.44. The van der Waals surface area contributed by atoms with E-state index in [1.54, 1.807) is 18.4 Å². The maximum absolute atomic E-state index is 12.3. The molecule has 9 heteroatoms. The van der Waals surface area contributed by atoms with Crippen LogP contribution in [-0.4, -0.2) is 36.2 Å². The van der Waals surface area contributed by atoms with E-state index in [1.165, 1.54) is 4.88 Å². The van der Waals surface area contributed by atoms with Crippen molar-refractivity contribution in [2.24, 2.45) is 4.99 Å². The van der Waals surface area contributed by atoms with E-state index in [2.05, 4.69) is 32.9 Å². The Hall–Kier alpha value is -1.88. The summed E-state index contributed by atoms with van der Waals surface area (Å²) in [6, 6.07) is 9.51. The third-order valence-corrected chi connectivity index (χ3v) is 5.14. The van der Waals surface area contributed by atoms with E-state index in [0.717, 1.165) is 16.3 Å². The van der Waals surface area contributed by atoms with E-state index in [4.69, 9.17) is 4.74 Å². The molecule has 7 nitrogen and oxygen atoms in total. The monoisotopic (exact) mass is 545 g/mol. The third-order valence-electron chi connectivity index (χ3n) is 4.07. The minimum absolute atomic E-state index is 0. The van der Waals surface area contributed by atoms with Gasteiger partial charge < -0.3 is 20.7 Å². The summed E-state index contributed by atoms with van der Waals surface area (Å²) in [5, 5.41) is 10.5. The predicted molar refractivity (Wildman–Crippen MR) is 134 cm³/mol. The molecule has 1 heterocycles. The topological polar surface area (TPSA) is 87.6 Å². The summed E-state index contributed by atoms with van der Waals surface area (Å²) in [4.78, 5) is 22.3. The molecular formula is C21H32IN5O2S. The SMILES string of the molecule is CN=C(NCc1nc(C)c(C)s1)NCC(NC(=O)OC(C)(C)C)c1ccccc1.I. The minimum atomic E-state index is -0.555. The van der Waals surface area contributed by atoms with Gasteiger partial charge >= 0.3 is 6.09 Å². The van der Waals surface area contributed by atoms with Gasteiger partial charge in [-0.2, -0.15) is 0 Å². The fraction of sp³-hybridized carbons (Fsp3) is 0.476. The fourth-order valence-electron chi connectivity index (χ4n) is 2.58. The van der Waals surface area contributed by atoms with Gasteiger partial charge in [-0.25, -0.2) is 9.78 Å². The van der Waals surface area contributed by atoms with Gasteiger partial charge in [0.05, 0.1) is 18.3 Å². The van der Waals surface area contributed by atoms with Crippen molar-refractivity contribution in [3.8, 4) is 0 Å². The van der Waals surface area contributed by atoms with Crippen LogP contribution in [0.5, 0.6) is 0 Å². The number of carbonyl (C=O) groups is 1. The van der Waals surface area contributed by atoms with Crippen LogP contribution in [0.2, 0.25) is 0 Å². The lowest BCUT2D eigenvalue weighted by Gasteiger charge is -2.24. The zero-order chi connectivity index (χ0) is 21.4. The van der Waals surface area contributed by atoms with Crippen LogP contribution in [0.15, 0.2) is 35.3 Å². The van der Waals surface area contributed by atoms with Crippen LogP contribution in [0.25, 0.3) is 0 Å². The highest BCUT2D eigenvalue weighted by Crippen LogP contribution is 2.16. The average Bonchev–Trinajstić information content (AvgIpc) is 2.97. The quantitative estimate of drug-likeness (QED) is 0.286. The summed E-state index contributed by atoms with van der Waals surface area (Å²) in [5.74, 6) is 0.641. The highest BCUT2D eigenvalue weighted by molar-refractivity contribution is 14.0. The van der Waals surface area contributed by atoms with Gasteiger partial charge in [0, 0.05) is 18.5 Å². The first-order valence-corrected chi connectivity index (χ1v) is 10.4. The van der Waals surface area contributed by atoms with Gasteiger partial charge in [0.1, 0.15) is 10.6 Å². The number of benzene rings is 1. The summed E-state index contributed by atoms with van der Waals surface area (Å²) >= 11 is 1.67. The van der Waals surface area contributed by atoms with Crippen molar-refractivity contribution in [2.45, 2.75) is 52.8 Å². The van der Waals surface area contributed by atoms with E-state index in [9.17, 15) is 4.79 Å². The Kier molecular flexibility index (Phi) is 10.5. The van der Waals surface area contributed by atoms with Crippen LogP contribution in [0.1, 0.15) is 48.0 Å². The van der Waals surface area contributed by atoms with Crippen molar-refractivity contribution < 1.29 is 9.53 Å². The van der Waals surface area contributed by atoms with Gasteiger partial charge in [0.2, 0.25) is 0 Å². The van der Waals surface area contributed by atoms with E-state index >= 15 is 0 Å². The summed E-state index contributed by atoms with van der Waals surface area (Å²) in [5.41, 5.74) is 1.48. The summed E-state index contributed by atoms with van der Waals surface area (Å²) in [6.45, 7) is 10.7. The molecule has 3 N–H and O–H groups in total. The van der Waals surface area contributed by atoms with Gasteiger partial charge in [-0.05, 0) is 40.2 Å². The summed E-state index contributed by atoms with van der Waals surface area (Å²) in [7, 11) is 1.71. The van der Waals surface area contributed by atoms with E-state index in [-0.39, 0.29) is 30.0 Å². The van der Waals surface area contributed by atoms with E-state index in [1.807, 2.05) is 58.0 Å². The number of hydrogen-bond donors (Lipinski definition) is 3. The first kappa shape index (κ1) is 26.2. The van der Waals surface area contributed by atoms with Gasteiger partial charge in [0.25, 0.3) is 0 Å². The van der Waals surface area contributed by atoms with Crippen LogP contribution in [0, 0.1) is 13.8 Å². The number of nitrogens with zero attached hydrogens (tertiary/aromatic N) is 2. The van der Waals surface area contributed by atoms with Gasteiger partial charge in [0.15, 0.2) is 5.96 Å². The Morgan fingerprint density at radius 1 is 1.20 bits per heavy atom. The third kappa shape index (κ3) is 8.86. The normalized spacial score (nSPS) is 12.5.